The molecule has 0 saturated heterocycles. The summed E-state index contributed by atoms with van der Waals surface area (Å²) >= 11 is 0. The molecule has 0 saturated carbocycles. The lowest BCUT2D eigenvalue weighted by Crippen LogP contribution is -2.12. The summed E-state index contributed by atoms with van der Waals surface area (Å²) < 4.78 is 0. The number of amides is 1. The molecule has 2 aromatic rings. The summed E-state index contributed by atoms with van der Waals surface area (Å²) in [7, 11) is 0. The fraction of sp³-hybridized carbons (Fsp3) is 0.300. The number of rotatable bonds is 6. The van der Waals surface area contributed by atoms with Crippen LogP contribution in [-0.4, -0.2) is 17.4 Å². The molecule has 0 aliphatic heterocycles. The molecule has 4 heteroatoms. The number of hydrogen-bond donors (Lipinski definition) is 2. The Labute approximate surface area is 143 Å². The minimum absolute atomic E-state index is 0.145. The van der Waals surface area contributed by atoms with Gasteiger partial charge in [-0.25, -0.2) is 0 Å². The smallest absolute Gasteiger partial charge is 0.257 e. The van der Waals surface area contributed by atoms with E-state index in [2.05, 4.69) is 21.7 Å². The number of carbonyl (C=O) groups excluding carboxylic acids is 1. The summed E-state index contributed by atoms with van der Waals surface area (Å²) in [5, 5.41) is 6.32. The van der Waals surface area contributed by atoms with E-state index in [-0.39, 0.29) is 5.91 Å². The molecule has 0 unspecified atom stereocenters. The average Bonchev–Trinajstić information content (AvgIpc) is 2.65. The van der Waals surface area contributed by atoms with Crippen molar-refractivity contribution in [2.75, 3.05) is 17.2 Å². The maximum atomic E-state index is 12.1. The molecule has 24 heavy (non-hydrogen) atoms. The monoisotopic (exact) mass is 321 g/mol. The van der Waals surface area contributed by atoms with Crippen LogP contribution in [0.1, 0.15) is 42.5 Å². The van der Waals surface area contributed by atoms with Crippen molar-refractivity contribution in [2.24, 2.45) is 0 Å². The second-order valence-electron chi connectivity index (χ2n) is 6.06. The maximum absolute atomic E-state index is 12.1. The van der Waals surface area contributed by atoms with E-state index in [1.54, 1.807) is 30.1 Å². The van der Waals surface area contributed by atoms with Crippen LogP contribution in [0.3, 0.4) is 0 Å². The van der Waals surface area contributed by atoms with Gasteiger partial charge >= 0.3 is 0 Å². The van der Waals surface area contributed by atoms with Gasteiger partial charge in [0.05, 0.1) is 5.56 Å². The van der Waals surface area contributed by atoms with E-state index in [1.165, 1.54) is 25.7 Å². The summed E-state index contributed by atoms with van der Waals surface area (Å²) in [6.07, 6.45) is 11.9. The molecule has 1 aromatic carbocycles. The molecule has 1 aliphatic rings. The number of nitrogens with one attached hydrogen (secondary N) is 2. The van der Waals surface area contributed by atoms with E-state index >= 15 is 0 Å². The molecule has 2 N–H and O–H groups in total. The highest BCUT2D eigenvalue weighted by Gasteiger charge is 2.06. The van der Waals surface area contributed by atoms with Crippen molar-refractivity contribution < 1.29 is 4.79 Å². The van der Waals surface area contributed by atoms with Gasteiger partial charge < -0.3 is 10.6 Å². The number of aromatic nitrogens is 1. The van der Waals surface area contributed by atoms with Crippen molar-refractivity contribution in [1.29, 1.82) is 0 Å². The molecule has 0 fully saturated rings. The first kappa shape index (κ1) is 16.2. The fourth-order valence-corrected chi connectivity index (χ4v) is 2.87. The van der Waals surface area contributed by atoms with Gasteiger partial charge in [0.1, 0.15) is 0 Å². The van der Waals surface area contributed by atoms with Crippen LogP contribution in [0.25, 0.3) is 0 Å². The highest BCUT2D eigenvalue weighted by Crippen LogP contribution is 2.20. The number of hydrogen-bond acceptors (Lipinski definition) is 3. The van der Waals surface area contributed by atoms with E-state index in [0.29, 0.717) is 5.56 Å². The Morgan fingerprint density at radius 2 is 1.92 bits per heavy atom. The molecular formula is C20H23N3O. The Hall–Kier alpha value is -2.62. The number of anilines is 2. The summed E-state index contributed by atoms with van der Waals surface area (Å²) in [5.74, 6) is -0.145. The highest BCUT2D eigenvalue weighted by molar-refractivity contribution is 6.04. The molecule has 1 amide bonds. The zero-order valence-corrected chi connectivity index (χ0v) is 13.8. The first-order chi connectivity index (χ1) is 11.8. The van der Waals surface area contributed by atoms with Crippen LogP contribution in [-0.2, 0) is 0 Å². The van der Waals surface area contributed by atoms with E-state index in [4.69, 9.17) is 0 Å². The average molecular weight is 321 g/mol. The Morgan fingerprint density at radius 1 is 1.08 bits per heavy atom. The molecule has 1 aromatic heterocycles. The van der Waals surface area contributed by atoms with Crippen molar-refractivity contribution in [1.82, 2.24) is 4.98 Å². The first-order valence-electron chi connectivity index (χ1n) is 8.54. The third-order valence-corrected chi connectivity index (χ3v) is 4.23. The van der Waals surface area contributed by atoms with E-state index < -0.39 is 0 Å². The first-order valence-corrected chi connectivity index (χ1v) is 8.54. The van der Waals surface area contributed by atoms with Crippen LogP contribution in [0.2, 0.25) is 0 Å². The summed E-state index contributed by atoms with van der Waals surface area (Å²) in [4.78, 5) is 16.0. The van der Waals surface area contributed by atoms with Gasteiger partial charge in [-0.3, -0.25) is 9.78 Å². The maximum Gasteiger partial charge on any atom is 0.257 e. The molecule has 0 radical (unpaired) electrons. The van der Waals surface area contributed by atoms with Crippen molar-refractivity contribution >= 4 is 17.3 Å². The molecule has 1 aliphatic carbocycles. The highest BCUT2D eigenvalue weighted by atomic mass is 16.1. The largest absolute Gasteiger partial charge is 0.385 e. The lowest BCUT2D eigenvalue weighted by Gasteiger charge is -2.13. The molecule has 124 valence electrons. The van der Waals surface area contributed by atoms with Crippen LogP contribution < -0.4 is 10.6 Å². The van der Waals surface area contributed by atoms with Gasteiger partial charge in [0.15, 0.2) is 0 Å². The Bertz CT molecular complexity index is 693. The predicted molar refractivity (Wildman–Crippen MR) is 98.3 cm³/mol. The Morgan fingerprint density at radius 3 is 2.62 bits per heavy atom. The number of allylic oxidation sites excluding steroid dienone is 1. The number of carbonyl (C=O) groups is 1. The molecule has 1 heterocycles. The van der Waals surface area contributed by atoms with Gasteiger partial charge in [0, 0.05) is 30.3 Å². The molecular weight excluding hydrogens is 298 g/mol. The van der Waals surface area contributed by atoms with Crippen LogP contribution in [0, 0.1) is 0 Å². The minimum Gasteiger partial charge on any atom is -0.385 e. The molecule has 0 spiro atoms. The van der Waals surface area contributed by atoms with Crippen molar-refractivity contribution in [3.05, 3.63) is 66.0 Å². The summed E-state index contributed by atoms with van der Waals surface area (Å²) in [5.41, 5.74) is 3.99. The number of nitrogens with zero attached hydrogens (tertiary/aromatic N) is 1. The lowest BCUT2D eigenvalue weighted by molar-refractivity contribution is 0.102. The van der Waals surface area contributed by atoms with Gasteiger partial charge in [-0.05, 0) is 68.5 Å². The van der Waals surface area contributed by atoms with Gasteiger partial charge in [-0.1, -0.05) is 11.6 Å². The van der Waals surface area contributed by atoms with E-state index in [0.717, 1.165) is 24.3 Å². The predicted octanol–water partition coefficient (Wildman–Crippen LogP) is 4.64. The van der Waals surface area contributed by atoms with Crippen LogP contribution in [0.4, 0.5) is 11.4 Å². The second kappa shape index (κ2) is 8.29. The van der Waals surface area contributed by atoms with Crippen LogP contribution in [0.15, 0.2) is 60.4 Å². The van der Waals surface area contributed by atoms with Crippen LogP contribution in [0.5, 0.6) is 0 Å². The molecule has 3 rings (SSSR count). The zero-order valence-electron chi connectivity index (χ0n) is 13.8. The number of pyridine rings is 1. The standard InChI is InChI=1S/C20H23N3O/c24-20(17-7-4-13-21-15-17)23-19-10-8-18(9-11-19)22-14-12-16-5-2-1-3-6-16/h4-5,7-11,13,15,22H,1-3,6,12,14H2,(H,23,24). The number of benzene rings is 1. The van der Waals surface area contributed by atoms with Gasteiger partial charge in [-0.2, -0.15) is 0 Å². The van der Waals surface area contributed by atoms with Crippen LogP contribution >= 0.6 is 0 Å². The third kappa shape index (κ3) is 4.69. The van der Waals surface area contributed by atoms with Crippen molar-refractivity contribution in [2.45, 2.75) is 32.1 Å². The van der Waals surface area contributed by atoms with Crippen molar-refractivity contribution in [3.63, 3.8) is 0 Å². The molecule has 4 nitrogen and oxygen atoms in total. The second-order valence-corrected chi connectivity index (χ2v) is 6.06. The van der Waals surface area contributed by atoms with Gasteiger partial charge in [0.25, 0.3) is 5.91 Å². The molecule has 0 bridgehead atoms. The SMILES string of the molecule is O=C(Nc1ccc(NCCC2=CCCCC2)cc1)c1cccnc1. The fourth-order valence-electron chi connectivity index (χ4n) is 2.87. The van der Waals surface area contributed by atoms with Crippen molar-refractivity contribution in [3.8, 4) is 0 Å². The zero-order chi connectivity index (χ0) is 16.6. The Kier molecular flexibility index (Phi) is 5.61. The normalized spacial score (nSPS) is 13.9. The lowest BCUT2D eigenvalue weighted by atomic mass is 9.97. The summed E-state index contributed by atoms with van der Waals surface area (Å²) in [6, 6.07) is 11.3. The topological polar surface area (TPSA) is 54.0 Å². The summed E-state index contributed by atoms with van der Waals surface area (Å²) in [6.45, 7) is 0.952. The Balaban J connectivity index is 1.48. The quantitative estimate of drug-likeness (QED) is 0.762. The van der Waals surface area contributed by atoms with E-state index in [9.17, 15) is 4.79 Å². The third-order valence-electron chi connectivity index (χ3n) is 4.23. The van der Waals surface area contributed by atoms with Gasteiger partial charge in [0.2, 0.25) is 0 Å². The minimum atomic E-state index is -0.145. The van der Waals surface area contributed by atoms with Gasteiger partial charge in [-0.15, -0.1) is 0 Å². The molecule has 0 atom stereocenters. The van der Waals surface area contributed by atoms with E-state index in [1.807, 2.05) is 24.3 Å².